The van der Waals surface area contributed by atoms with Gasteiger partial charge in [0.25, 0.3) is 0 Å². The third-order valence-corrected chi connectivity index (χ3v) is 3.55. The van der Waals surface area contributed by atoms with E-state index in [1.165, 1.54) is 0 Å². The molecule has 1 fully saturated rings. The molecule has 1 atom stereocenters. The Bertz CT molecular complexity index is 622. The van der Waals surface area contributed by atoms with Crippen LogP contribution in [0.2, 0.25) is 0 Å². The highest BCUT2D eigenvalue weighted by molar-refractivity contribution is 5.86. The van der Waals surface area contributed by atoms with Crippen LogP contribution < -0.4 is 10.6 Å². The van der Waals surface area contributed by atoms with Gasteiger partial charge in [0.2, 0.25) is 0 Å². The first-order valence-corrected chi connectivity index (χ1v) is 6.76. The van der Waals surface area contributed by atoms with Crippen LogP contribution in [0.25, 0.3) is 11.0 Å². The van der Waals surface area contributed by atoms with Crippen molar-refractivity contribution in [2.24, 2.45) is 12.8 Å². The molecule has 0 radical (unpaired) electrons. The van der Waals surface area contributed by atoms with E-state index in [-0.39, 0.29) is 11.7 Å². The second-order valence-electron chi connectivity index (χ2n) is 5.82. The van der Waals surface area contributed by atoms with E-state index < -0.39 is 0 Å². The van der Waals surface area contributed by atoms with E-state index in [9.17, 15) is 0 Å². The molecular weight excluding hydrogens is 256 g/mol. The molecule has 2 aromatic heterocycles. The molecule has 0 aromatic carbocycles. The molecule has 2 N–H and O–H groups in total. The van der Waals surface area contributed by atoms with Crippen molar-refractivity contribution in [3.63, 3.8) is 0 Å². The zero-order valence-corrected chi connectivity index (χ0v) is 12.1. The van der Waals surface area contributed by atoms with E-state index in [0.717, 1.165) is 29.9 Å². The number of ether oxygens (including phenoxy) is 1. The minimum atomic E-state index is -0.248. The Morgan fingerprint density at radius 1 is 1.45 bits per heavy atom. The fourth-order valence-corrected chi connectivity index (χ4v) is 2.78. The molecule has 0 spiro atoms. The van der Waals surface area contributed by atoms with Crippen LogP contribution >= 0.6 is 0 Å². The first kappa shape index (κ1) is 13.3. The summed E-state index contributed by atoms with van der Waals surface area (Å²) in [6.07, 6.45) is 3.41. The lowest BCUT2D eigenvalue weighted by molar-refractivity contribution is -0.0789. The van der Waals surface area contributed by atoms with Gasteiger partial charge in [-0.2, -0.15) is 5.10 Å². The molecule has 1 aliphatic heterocycles. The topological polar surface area (TPSA) is 82.1 Å². The molecule has 108 valence electrons. The average molecular weight is 276 g/mol. The van der Waals surface area contributed by atoms with Gasteiger partial charge < -0.3 is 15.4 Å². The number of aromatic nitrogens is 4. The van der Waals surface area contributed by atoms with E-state index in [1.807, 2.05) is 13.2 Å². The zero-order valence-electron chi connectivity index (χ0n) is 12.1. The molecule has 3 heterocycles. The predicted molar refractivity (Wildman–Crippen MR) is 76.5 cm³/mol. The summed E-state index contributed by atoms with van der Waals surface area (Å²) in [5.74, 6) is 0.901. The van der Waals surface area contributed by atoms with Gasteiger partial charge in [0.15, 0.2) is 5.65 Å². The standard InChI is InChI=1S/C13H20N6O/c1-13(2)7-19(6-9(4-14)20-13)12-10-5-17-18(3)11(10)15-8-16-12/h5,8-9H,4,6-7,14H2,1-3H3. The molecule has 2 aromatic rings. The van der Waals surface area contributed by atoms with Gasteiger partial charge in [-0.1, -0.05) is 0 Å². The summed E-state index contributed by atoms with van der Waals surface area (Å²) in [6, 6.07) is 0. The predicted octanol–water partition coefficient (Wildman–Crippen LogP) is 0.306. The summed E-state index contributed by atoms with van der Waals surface area (Å²) in [4.78, 5) is 10.9. The van der Waals surface area contributed by atoms with Crippen molar-refractivity contribution in [3.05, 3.63) is 12.5 Å². The fraction of sp³-hybridized carbons (Fsp3) is 0.615. The maximum absolute atomic E-state index is 5.96. The van der Waals surface area contributed by atoms with Crippen molar-refractivity contribution >= 4 is 16.9 Å². The van der Waals surface area contributed by atoms with Gasteiger partial charge in [-0.25, -0.2) is 9.97 Å². The molecule has 0 saturated carbocycles. The van der Waals surface area contributed by atoms with Crippen LogP contribution in [0, 0.1) is 0 Å². The Kier molecular flexibility index (Phi) is 3.10. The number of nitrogens with zero attached hydrogens (tertiary/aromatic N) is 5. The van der Waals surface area contributed by atoms with Crippen molar-refractivity contribution in [2.75, 3.05) is 24.5 Å². The lowest BCUT2D eigenvalue weighted by atomic mass is 10.0. The highest BCUT2D eigenvalue weighted by atomic mass is 16.5. The van der Waals surface area contributed by atoms with Gasteiger partial charge in [-0.3, -0.25) is 4.68 Å². The molecule has 7 heteroatoms. The normalized spacial score (nSPS) is 22.4. The number of anilines is 1. The number of aryl methyl sites for hydroxylation is 1. The van der Waals surface area contributed by atoms with Gasteiger partial charge in [-0.15, -0.1) is 0 Å². The number of fused-ring (bicyclic) bond motifs is 1. The number of morpholine rings is 1. The number of rotatable bonds is 2. The summed E-state index contributed by atoms with van der Waals surface area (Å²) in [6.45, 7) is 6.15. The zero-order chi connectivity index (χ0) is 14.3. The molecule has 20 heavy (non-hydrogen) atoms. The molecule has 0 aliphatic carbocycles. The van der Waals surface area contributed by atoms with Crippen molar-refractivity contribution < 1.29 is 4.74 Å². The van der Waals surface area contributed by atoms with Gasteiger partial charge in [0, 0.05) is 26.7 Å². The Morgan fingerprint density at radius 3 is 3.00 bits per heavy atom. The summed E-state index contributed by atoms with van der Waals surface area (Å²) in [7, 11) is 1.88. The second kappa shape index (κ2) is 4.68. The van der Waals surface area contributed by atoms with E-state index in [0.29, 0.717) is 6.54 Å². The minimum Gasteiger partial charge on any atom is -0.367 e. The summed E-state index contributed by atoms with van der Waals surface area (Å²) >= 11 is 0. The SMILES string of the molecule is Cn1ncc2c(N3CC(CN)OC(C)(C)C3)ncnc21. The summed E-state index contributed by atoms with van der Waals surface area (Å²) < 4.78 is 7.72. The van der Waals surface area contributed by atoms with Crippen LogP contribution in [-0.2, 0) is 11.8 Å². The van der Waals surface area contributed by atoms with E-state index in [1.54, 1.807) is 11.0 Å². The maximum Gasteiger partial charge on any atom is 0.163 e. The summed E-state index contributed by atoms with van der Waals surface area (Å²) in [5.41, 5.74) is 6.37. The molecule has 1 aliphatic rings. The van der Waals surface area contributed by atoms with Crippen molar-refractivity contribution in [3.8, 4) is 0 Å². The van der Waals surface area contributed by atoms with E-state index in [2.05, 4.69) is 33.8 Å². The molecular formula is C13H20N6O. The highest BCUT2D eigenvalue weighted by Crippen LogP contribution is 2.28. The minimum absolute atomic E-state index is 0.0143. The second-order valence-corrected chi connectivity index (χ2v) is 5.82. The van der Waals surface area contributed by atoms with Crippen LogP contribution in [0.15, 0.2) is 12.5 Å². The van der Waals surface area contributed by atoms with Gasteiger partial charge in [-0.05, 0) is 13.8 Å². The van der Waals surface area contributed by atoms with Gasteiger partial charge >= 0.3 is 0 Å². The number of nitrogens with two attached hydrogens (primary N) is 1. The molecule has 0 amide bonds. The highest BCUT2D eigenvalue weighted by Gasteiger charge is 2.34. The monoisotopic (exact) mass is 276 g/mol. The van der Waals surface area contributed by atoms with E-state index in [4.69, 9.17) is 10.5 Å². The van der Waals surface area contributed by atoms with Crippen LogP contribution in [0.1, 0.15) is 13.8 Å². The average Bonchev–Trinajstić information content (AvgIpc) is 2.79. The quantitative estimate of drug-likeness (QED) is 0.850. The largest absolute Gasteiger partial charge is 0.367 e. The number of hydrogen-bond acceptors (Lipinski definition) is 6. The van der Waals surface area contributed by atoms with E-state index >= 15 is 0 Å². The van der Waals surface area contributed by atoms with Crippen LogP contribution in [0.4, 0.5) is 5.82 Å². The Hall–Kier alpha value is -1.73. The van der Waals surface area contributed by atoms with Crippen LogP contribution in [0.5, 0.6) is 0 Å². The third kappa shape index (κ3) is 2.23. The van der Waals surface area contributed by atoms with Crippen molar-refractivity contribution in [2.45, 2.75) is 25.6 Å². The van der Waals surface area contributed by atoms with Crippen molar-refractivity contribution in [1.82, 2.24) is 19.7 Å². The molecule has 0 bridgehead atoms. The lowest BCUT2D eigenvalue weighted by Gasteiger charge is -2.43. The molecule has 1 saturated heterocycles. The first-order valence-electron chi connectivity index (χ1n) is 6.76. The smallest absolute Gasteiger partial charge is 0.163 e. The van der Waals surface area contributed by atoms with Crippen LogP contribution in [-0.4, -0.2) is 51.1 Å². The van der Waals surface area contributed by atoms with Crippen LogP contribution in [0.3, 0.4) is 0 Å². The first-order chi connectivity index (χ1) is 9.50. The van der Waals surface area contributed by atoms with Gasteiger partial charge in [0.05, 0.1) is 23.3 Å². The van der Waals surface area contributed by atoms with Gasteiger partial charge in [0.1, 0.15) is 12.1 Å². The fourth-order valence-electron chi connectivity index (χ4n) is 2.78. The molecule has 7 nitrogen and oxygen atoms in total. The maximum atomic E-state index is 5.96. The summed E-state index contributed by atoms with van der Waals surface area (Å²) in [5, 5.41) is 5.22. The Balaban J connectivity index is 2.01. The lowest BCUT2D eigenvalue weighted by Crippen LogP contribution is -2.55. The third-order valence-electron chi connectivity index (χ3n) is 3.55. The molecule has 3 rings (SSSR count). The Labute approximate surface area is 117 Å². The Morgan fingerprint density at radius 2 is 2.25 bits per heavy atom. The van der Waals surface area contributed by atoms with Crippen molar-refractivity contribution in [1.29, 1.82) is 0 Å². The molecule has 1 unspecified atom stereocenters. The number of hydrogen-bond donors (Lipinski definition) is 1.